The lowest BCUT2D eigenvalue weighted by molar-refractivity contribution is -0.156. The van der Waals surface area contributed by atoms with Crippen molar-refractivity contribution in [1.82, 2.24) is 0 Å². The largest absolute Gasteiger partial charge is 0.481 e. The smallest absolute Gasteiger partial charge is 0.332 e. The standard InChI is InChI=1S/C8H10Br4O4/c1-3-7(4(13)14,6(2,9)10)8(11,12)5(15)16/h3H2,1-2H3,(H,13,14)(H,15,16). The molecule has 0 saturated carbocycles. The Morgan fingerprint density at radius 3 is 1.50 bits per heavy atom. The Kier molecular flexibility index (Phi) is 5.52. The highest BCUT2D eigenvalue weighted by atomic mass is 79.9. The molecule has 0 aliphatic carbocycles. The van der Waals surface area contributed by atoms with Gasteiger partial charge in [0.25, 0.3) is 0 Å². The van der Waals surface area contributed by atoms with E-state index < -0.39 is 23.8 Å². The number of carboxylic acid groups (broad SMARTS) is 2. The third kappa shape index (κ3) is 2.49. The predicted octanol–water partition coefficient (Wildman–Crippen LogP) is 3.54. The second-order valence-electron chi connectivity index (χ2n) is 3.33. The van der Waals surface area contributed by atoms with Crippen molar-refractivity contribution >= 4 is 75.7 Å². The summed E-state index contributed by atoms with van der Waals surface area (Å²) < 4.78 is -2.88. The number of carbonyl (C=O) groups is 2. The normalized spacial score (nSPS) is 16.6. The van der Waals surface area contributed by atoms with E-state index in [-0.39, 0.29) is 6.42 Å². The van der Waals surface area contributed by atoms with Crippen LogP contribution in [-0.4, -0.2) is 28.6 Å². The van der Waals surface area contributed by atoms with Crippen LogP contribution in [0.3, 0.4) is 0 Å². The van der Waals surface area contributed by atoms with E-state index in [0.717, 1.165) is 0 Å². The molecule has 0 aromatic rings. The first-order valence-corrected chi connectivity index (χ1v) is 7.34. The second-order valence-corrected chi connectivity index (χ2v) is 11.0. The molecular formula is C8H10Br4O4. The summed E-state index contributed by atoms with van der Waals surface area (Å²) in [5, 5.41) is 18.5. The number of hydrogen-bond donors (Lipinski definition) is 2. The van der Waals surface area contributed by atoms with Gasteiger partial charge < -0.3 is 10.2 Å². The average molecular weight is 490 g/mol. The van der Waals surface area contributed by atoms with Crippen molar-refractivity contribution in [2.75, 3.05) is 0 Å². The third-order valence-corrected chi connectivity index (χ3v) is 5.84. The monoisotopic (exact) mass is 486 g/mol. The highest BCUT2D eigenvalue weighted by Crippen LogP contribution is 2.59. The van der Waals surface area contributed by atoms with Crippen LogP contribution in [0.5, 0.6) is 0 Å². The summed E-state index contributed by atoms with van der Waals surface area (Å²) in [6, 6.07) is 0. The van der Waals surface area contributed by atoms with Crippen molar-refractivity contribution in [2.24, 2.45) is 5.41 Å². The fourth-order valence-electron chi connectivity index (χ4n) is 1.46. The van der Waals surface area contributed by atoms with Gasteiger partial charge >= 0.3 is 11.9 Å². The highest BCUT2D eigenvalue weighted by molar-refractivity contribution is 9.26. The number of alkyl halides is 4. The number of carboxylic acids is 2. The Balaban J connectivity index is 5.95. The summed E-state index contributed by atoms with van der Waals surface area (Å²) in [5.41, 5.74) is -1.62. The second kappa shape index (κ2) is 5.24. The lowest BCUT2D eigenvalue weighted by Crippen LogP contribution is -2.58. The number of aliphatic carboxylic acids is 2. The lowest BCUT2D eigenvalue weighted by atomic mass is 9.79. The predicted molar refractivity (Wildman–Crippen MR) is 74.8 cm³/mol. The van der Waals surface area contributed by atoms with Crippen LogP contribution in [0, 0.1) is 5.41 Å². The van der Waals surface area contributed by atoms with Crippen LogP contribution in [0.4, 0.5) is 0 Å². The number of rotatable bonds is 5. The Morgan fingerprint density at radius 1 is 1.06 bits per heavy atom. The molecule has 0 radical (unpaired) electrons. The maximum atomic E-state index is 11.5. The summed E-state index contributed by atoms with van der Waals surface area (Å²) in [6.45, 7) is 3.15. The molecule has 0 bridgehead atoms. The molecule has 0 aromatic heterocycles. The van der Waals surface area contributed by atoms with Crippen LogP contribution in [0.25, 0.3) is 0 Å². The quantitative estimate of drug-likeness (QED) is 0.579. The van der Waals surface area contributed by atoms with Gasteiger partial charge in [0.05, 0.1) is 3.23 Å². The Hall–Kier alpha value is 0.860. The van der Waals surface area contributed by atoms with Gasteiger partial charge in [-0.3, -0.25) is 4.79 Å². The zero-order valence-electron chi connectivity index (χ0n) is 8.43. The molecule has 0 spiro atoms. The van der Waals surface area contributed by atoms with E-state index in [0.29, 0.717) is 0 Å². The molecule has 8 heteroatoms. The Morgan fingerprint density at radius 2 is 1.44 bits per heavy atom. The molecule has 0 fully saturated rings. The highest BCUT2D eigenvalue weighted by Gasteiger charge is 2.66. The van der Waals surface area contributed by atoms with E-state index in [4.69, 9.17) is 5.11 Å². The molecule has 4 nitrogen and oxygen atoms in total. The minimum atomic E-state index is -1.78. The lowest BCUT2D eigenvalue weighted by Gasteiger charge is -2.43. The maximum absolute atomic E-state index is 11.5. The van der Waals surface area contributed by atoms with E-state index in [2.05, 4.69) is 63.7 Å². The minimum Gasteiger partial charge on any atom is -0.481 e. The van der Waals surface area contributed by atoms with Gasteiger partial charge in [-0.25, -0.2) is 4.79 Å². The first kappa shape index (κ1) is 16.9. The molecule has 0 aromatic carbocycles. The molecule has 0 aliphatic rings. The van der Waals surface area contributed by atoms with Gasteiger partial charge in [0.2, 0.25) is 0 Å². The topological polar surface area (TPSA) is 74.6 Å². The van der Waals surface area contributed by atoms with Crippen molar-refractivity contribution in [2.45, 2.75) is 26.7 Å². The first-order chi connectivity index (χ1) is 6.95. The fourth-order valence-corrected chi connectivity index (χ4v) is 5.72. The summed E-state index contributed by atoms with van der Waals surface area (Å²) in [6.07, 6.45) is 0.0954. The molecule has 0 aliphatic heterocycles. The summed E-state index contributed by atoms with van der Waals surface area (Å²) in [7, 11) is 0. The Bertz CT molecular complexity index is 310. The zero-order valence-corrected chi connectivity index (χ0v) is 14.8. The molecule has 0 saturated heterocycles. The van der Waals surface area contributed by atoms with Crippen molar-refractivity contribution < 1.29 is 19.8 Å². The van der Waals surface area contributed by atoms with Crippen LogP contribution in [0.2, 0.25) is 0 Å². The van der Waals surface area contributed by atoms with E-state index in [1.807, 2.05) is 0 Å². The molecule has 0 rings (SSSR count). The maximum Gasteiger partial charge on any atom is 0.332 e. The van der Waals surface area contributed by atoms with Crippen LogP contribution in [0.15, 0.2) is 0 Å². The van der Waals surface area contributed by atoms with Gasteiger partial charge in [-0.05, 0) is 13.3 Å². The van der Waals surface area contributed by atoms with Crippen molar-refractivity contribution in [3.8, 4) is 0 Å². The summed E-state index contributed by atoms with van der Waals surface area (Å²) >= 11 is 12.2. The van der Waals surface area contributed by atoms with Gasteiger partial charge in [-0.2, -0.15) is 0 Å². The molecule has 94 valence electrons. The zero-order chi connectivity index (χ0) is 13.4. The third-order valence-electron chi connectivity index (χ3n) is 2.45. The molecule has 16 heavy (non-hydrogen) atoms. The molecule has 0 amide bonds. The van der Waals surface area contributed by atoms with Gasteiger partial charge in [0.15, 0.2) is 3.23 Å². The van der Waals surface area contributed by atoms with Crippen LogP contribution in [-0.2, 0) is 9.59 Å². The van der Waals surface area contributed by atoms with E-state index in [1.165, 1.54) is 0 Å². The molecule has 1 atom stereocenters. The Labute approximate surface area is 127 Å². The van der Waals surface area contributed by atoms with Crippen molar-refractivity contribution in [3.63, 3.8) is 0 Å². The minimum absolute atomic E-state index is 0.0954. The average Bonchev–Trinajstić information content (AvgIpc) is 2.01. The summed E-state index contributed by atoms with van der Waals surface area (Å²) in [4.78, 5) is 22.6. The van der Waals surface area contributed by atoms with Crippen LogP contribution < -0.4 is 0 Å². The summed E-state index contributed by atoms with van der Waals surface area (Å²) in [5.74, 6) is -2.54. The van der Waals surface area contributed by atoms with Crippen LogP contribution >= 0.6 is 63.7 Å². The molecule has 1 unspecified atom stereocenters. The van der Waals surface area contributed by atoms with E-state index in [1.54, 1.807) is 13.8 Å². The SMILES string of the molecule is CCC(C(=O)O)(C(C)(Br)Br)C(Br)(Br)C(=O)O. The van der Waals surface area contributed by atoms with Gasteiger partial charge in [0.1, 0.15) is 5.41 Å². The van der Waals surface area contributed by atoms with Crippen molar-refractivity contribution in [3.05, 3.63) is 0 Å². The van der Waals surface area contributed by atoms with Crippen molar-refractivity contribution in [1.29, 1.82) is 0 Å². The molecular weight excluding hydrogens is 480 g/mol. The number of halogens is 4. The number of hydrogen-bond acceptors (Lipinski definition) is 2. The van der Waals surface area contributed by atoms with E-state index in [9.17, 15) is 14.7 Å². The van der Waals surface area contributed by atoms with Gasteiger partial charge in [0, 0.05) is 0 Å². The van der Waals surface area contributed by atoms with Gasteiger partial charge in [-0.1, -0.05) is 70.6 Å². The van der Waals surface area contributed by atoms with Crippen LogP contribution in [0.1, 0.15) is 20.3 Å². The first-order valence-electron chi connectivity index (χ1n) is 4.17. The molecule has 2 N–H and O–H groups in total. The van der Waals surface area contributed by atoms with E-state index >= 15 is 0 Å². The van der Waals surface area contributed by atoms with Gasteiger partial charge in [-0.15, -0.1) is 0 Å². The fraction of sp³-hybridized carbons (Fsp3) is 0.750. The molecule has 0 heterocycles.